The lowest BCUT2D eigenvalue weighted by Crippen LogP contribution is -2.47. The molecule has 2 atom stereocenters. The average molecular weight is 411 g/mol. The van der Waals surface area contributed by atoms with Gasteiger partial charge in [0.05, 0.1) is 41.6 Å². The van der Waals surface area contributed by atoms with Gasteiger partial charge in [0, 0.05) is 12.8 Å². The largest absolute Gasteiger partial charge is 0.373 e. The third-order valence-corrected chi connectivity index (χ3v) is 13.8. The van der Waals surface area contributed by atoms with E-state index in [4.69, 9.17) is 9.47 Å². The number of hydrogen-bond acceptors (Lipinski definition) is 2. The van der Waals surface area contributed by atoms with E-state index in [1.165, 1.54) is 23.2 Å². The summed E-state index contributed by atoms with van der Waals surface area (Å²) in [6, 6.07) is 21.5. The van der Waals surface area contributed by atoms with E-state index < -0.39 is 16.1 Å². The molecule has 0 N–H and O–H groups in total. The van der Waals surface area contributed by atoms with Gasteiger partial charge in [-0.25, -0.2) is 0 Å². The predicted molar refractivity (Wildman–Crippen MR) is 124 cm³/mol. The van der Waals surface area contributed by atoms with Crippen molar-refractivity contribution in [3.63, 3.8) is 0 Å². The molecule has 0 aromatic heterocycles. The van der Waals surface area contributed by atoms with Crippen LogP contribution in [0, 0.1) is 0 Å². The van der Waals surface area contributed by atoms with Crippen molar-refractivity contribution in [3.05, 3.63) is 59.7 Å². The molecule has 4 heteroatoms. The summed E-state index contributed by atoms with van der Waals surface area (Å²) in [5, 5.41) is 3.21. The first-order valence-electron chi connectivity index (χ1n) is 10.7. The van der Waals surface area contributed by atoms with Crippen LogP contribution in [-0.4, -0.2) is 41.6 Å². The lowest BCUT2D eigenvalue weighted by atomic mass is 10.1. The van der Waals surface area contributed by atoms with Gasteiger partial charge < -0.3 is 9.47 Å². The smallest absolute Gasteiger partial charge is 0.0850 e. The van der Waals surface area contributed by atoms with E-state index in [-0.39, 0.29) is 0 Å². The van der Waals surface area contributed by atoms with E-state index in [0.717, 1.165) is 26.1 Å². The Labute approximate surface area is 172 Å². The van der Waals surface area contributed by atoms with Crippen molar-refractivity contribution >= 4 is 26.5 Å². The van der Waals surface area contributed by atoms with Gasteiger partial charge in [-0.2, -0.15) is 0 Å². The van der Waals surface area contributed by atoms with Gasteiger partial charge in [0.25, 0.3) is 0 Å². The highest BCUT2D eigenvalue weighted by Crippen LogP contribution is 2.23. The van der Waals surface area contributed by atoms with Gasteiger partial charge in [-0.3, -0.25) is 0 Å². The topological polar surface area (TPSA) is 25.1 Å². The first-order valence-corrected chi connectivity index (χ1v) is 17.2. The Morgan fingerprint density at radius 3 is 1.46 bits per heavy atom. The zero-order valence-corrected chi connectivity index (χ0v) is 19.8. The van der Waals surface area contributed by atoms with E-state index >= 15 is 0 Å². The maximum Gasteiger partial charge on any atom is 0.0850 e. The number of ether oxygens (including phenoxy) is 2. The third-order valence-electron chi connectivity index (χ3n) is 6.52. The summed E-state index contributed by atoms with van der Waals surface area (Å²) in [6.45, 7) is 12.1. The molecule has 0 radical (unpaired) electrons. The minimum atomic E-state index is -1.44. The Morgan fingerprint density at radius 1 is 0.714 bits per heavy atom. The summed E-state index contributed by atoms with van der Waals surface area (Å²) in [4.78, 5) is 0. The number of benzene rings is 2. The van der Waals surface area contributed by atoms with Crippen LogP contribution in [0.2, 0.25) is 38.3 Å². The molecular weight excluding hydrogens is 376 g/mol. The first-order chi connectivity index (χ1) is 13.3. The van der Waals surface area contributed by atoms with Crippen LogP contribution in [0.15, 0.2) is 48.5 Å². The molecule has 2 saturated heterocycles. The van der Waals surface area contributed by atoms with Crippen molar-refractivity contribution in [1.82, 2.24) is 0 Å². The van der Waals surface area contributed by atoms with Gasteiger partial charge in [-0.15, -0.1) is 0 Å². The fourth-order valence-corrected chi connectivity index (χ4v) is 11.9. The normalized spacial score (nSPS) is 21.6. The molecule has 0 aliphatic carbocycles. The molecule has 2 unspecified atom stereocenters. The quantitative estimate of drug-likeness (QED) is 0.459. The standard InChI is InChI=1S/C24H34O2Si2/c1-27(2,23-9-5-7-19(15-23)13-21-17-25-21)11-12-28(3,4)24-10-6-8-20(16-24)14-22-18-26-22/h5-10,15-16,21-22H,11-14,17-18H2,1-4H3. The lowest BCUT2D eigenvalue weighted by Gasteiger charge is -2.30. The molecule has 150 valence electrons. The fraction of sp³-hybridized carbons (Fsp3) is 0.500. The van der Waals surface area contributed by atoms with Crippen LogP contribution >= 0.6 is 0 Å². The van der Waals surface area contributed by atoms with Gasteiger partial charge >= 0.3 is 0 Å². The van der Waals surface area contributed by atoms with Crippen LogP contribution in [0.3, 0.4) is 0 Å². The summed E-state index contributed by atoms with van der Waals surface area (Å²) < 4.78 is 10.9. The number of rotatable bonds is 9. The van der Waals surface area contributed by atoms with Crippen molar-refractivity contribution in [2.24, 2.45) is 0 Å². The molecule has 0 bridgehead atoms. The van der Waals surface area contributed by atoms with Crippen LogP contribution in [0.5, 0.6) is 0 Å². The molecule has 2 aromatic rings. The Morgan fingerprint density at radius 2 is 1.11 bits per heavy atom. The van der Waals surface area contributed by atoms with Crippen molar-refractivity contribution in [3.8, 4) is 0 Å². The average Bonchev–Trinajstić information content (AvgIpc) is 3.58. The van der Waals surface area contributed by atoms with Crippen LogP contribution in [-0.2, 0) is 22.3 Å². The van der Waals surface area contributed by atoms with Crippen LogP contribution in [0.1, 0.15) is 11.1 Å². The minimum absolute atomic E-state index is 0.472. The van der Waals surface area contributed by atoms with Crippen molar-refractivity contribution in [1.29, 1.82) is 0 Å². The Bertz CT molecular complexity index is 753. The second kappa shape index (κ2) is 7.90. The van der Waals surface area contributed by atoms with Crippen LogP contribution < -0.4 is 10.4 Å². The highest BCUT2D eigenvalue weighted by Gasteiger charge is 2.31. The van der Waals surface area contributed by atoms with E-state index in [1.54, 1.807) is 10.4 Å². The lowest BCUT2D eigenvalue weighted by molar-refractivity contribution is 0.407. The molecule has 28 heavy (non-hydrogen) atoms. The molecule has 2 aromatic carbocycles. The number of hydrogen-bond donors (Lipinski definition) is 0. The van der Waals surface area contributed by atoms with Gasteiger partial charge in [-0.1, -0.05) is 97.2 Å². The molecule has 4 rings (SSSR count). The van der Waals surface area contributed by atoms with Gasteiger partial charge in [0.2, 0.25) is 0 Å². The van der Waals surface area contributed by atoms with Gasteiger partial charge in [-0.05, 0) is 11.1 Å². The second-order valence-electron chi connectivity index (χ2n) is 9.99. The highest BCUT2D eigenvalue weighted by atomic mass is 28.3. The monoisotopic (exact) mass is 410 g/mol. The van der Waals surface area contributed by atoms with E-state index in [9.17, 15) is 0 Å². The molecular formula is C24H34O2Si2. The Hall–Kier alpha value is -1.21. The molecule has 0 saturated carbocycles. The number of epoxide rings is 2. The predicted octanol–water partition coefficient (Wildman–Crippen LogP) is 4.10. The summed E-state index contributed by atoms with van der Waals surface area (Å²) in [5.41, 5.74) is 2.90. The van der Waals surface area contributed by atoms with E-state index in [2.05, 4.69) is 74.7 Å². The summed E-state index contributed by atoms with van der Waals surface area (Å²) in [7, 11) is -2.88. The van der Waals surface area contributed by atoms with Gasteiger partial charge in [0.15, 0.2) is 0 Å². The second-order valence-corrected chi connectivity index (χ2v) is 19.7. The minimum Gasteiger partial charge on any atom is -0.373 e. The van der Waals surface area contributed by atoms with Crippen molar-refractivity contribution in [2.75, 3.05) is 13.2 Å². The molecule has 2 aliphatic rings. The maximum absolute atomic E-state index is 5.43. The molecule has 2 fully saturated rings. The van der Waals surface area contributed by atoms with Crippen LogP contribution in [0.4, 0.5) is 0 Å². The molecule has 0 spiro atoms. The van der Waals surface area contributed by atoms with Crippen molar-refractivity contribution in [2.45, 2.75) is 63.3 Å². The molecule has 0 amide bonds. The molecule has 2 heterocycles. The molecule has 2 nitrogen and oxygen atoms in total. The van der Waals surface area contributed by atoms with Gasteiger partial charge in [0.1, 0.15) is 0 Å². The summed E-state index contributed by atoms with van der Waals surface area (Å²) in [5.74, 6) is 0. The first kappa shape index (κ1) is 20.1. The van der Waals surface area contributed by atoms with E-state index in [0.29, 0.717) is 12.2 Å². The Balaban J connectivity index is 1.42. The van der Waals surface area contributed by atoms with Crippen LogP contribution in [0.25, 0.3) is 0 Å². The van der Waals surface area contributed by atoms with Crippen molar-refractivity contribution < 1.29 is 9.47 Å². The highest BCUT2D eigenvalue weighted by molar-refractivity contribution is 6.94. The summed E-state index contributed by atoms with van der Waals surface area (Å²) >= 11 is 0. The molecule has 2 aliphatic heterocycles. The SMILES string of the molecule is C[Si](C)(CC[Si](C)(C)c1cccc(CC2CO2)c1)c1cccc(CC2CO2)c1. The Kier molecular flexibility index (Phi) is 5.67. The third kappa shape index (κ3) is 5.23. The fourth-order valence-electron chi connectivity index (χ4n) is 4.05. The zero-order chi connectivity index (χ0) is 19.8. The van der Waals surface area contributed by atoms with E-state index in [1.807, 2.05) is 0 Å². The summed E-state index contributed by atoms with van der Waals surface area (Å²) in [6.07, 6.45) is 3.10. The maximum atomic E-state index is 5.43. The zero-order valence-electron chi connectivity index (χ0n) is 17.8.